The molecule has 0 amide bonds. The van der Waals surface area contributed by atoms with Gasteiger partial charge in [0.1, 0.15) is 0 Å². The van der Waals surface area contributed by atoms with Gasteiger partial charge < -0.3 is 16.3 Å². The zero-order valence-corrected chi connectivity index (χ0v) is 10.0. The molecule has 0 aliphatic rings. The summed E-state index contributed by atoms with van der Waals surface area (Å²) in [7, 11) is 1.97. The monoisotopic (exact) mass is 199 g/mol. The van der Waals surface area contributed by atoms with Gasteiger partial charge in [-0.15, -0.1) is 0 Å². The number of nitrogens with zero attached hydrogens (tertiary/aromatic N) is 2. The van der Waals surface area contributed by atoms with Crippen LogP contribution < -0.4 is 10.7 Å². The van der Waals surface area contributed by atoms with Crippen molar-refractivity contribution in [3.05, 3.63) is 5.53 Å². The van der Waals surface area contributed by atoms with Gasteiger partial charge in [-0.25, -0.2) is 0 Å². The second kappa shape index (κ2) is 5.29. The molecule has 4 heteroatoms. The third-order valence-electron chi connectivity index (χ3n) is 3.26. The standard InChI is InChI=1S/C10H23N4/c1-6-9(3,12-5)8-10(4,7-2)13-14-11/h12H,6-8H2,1-5H3,(H-,11,13)/q-1. The van der Waals surface area contributed by atoms with Crippen LogP contribution in [-0.2, 0) is 0 Å². The molecule has 0 radical (unpaired) electrons. The molecule has 84 valence electrons. The molecule has 14 heavy (non-hydrogen) atoms. The zero-order chi connectivity index (χ0) is 11.2. The van der Waals surface area contributed by atoms with Crippen LogP contribution in [0.4, 0.5) is 0 Å². The van der Waals surface area contributed by atoms with E-state index in [1.165, 1.54) is 0 Å². The summed E-state index contributed by atoms with van der Waals surface area (Å²) in [5.74, 6) is 0. The van der Waals surface area contributed by atoms with Crippen LogP contribution in [0.25, 0.3) is 5.53 Å². The van der Waals surface area contributed by atoms with Crippen molar-refractivity contribution in [2.24, 2.45) is 5.22 Å². The fourth-order valence-corrected chi connectivity index (χ4v) is 1.62. The predicted octanol–water partition coefficient (Wildman–Crippen LogP) is 2.46. The van der Waals surface area contributed by atoms with Crippen LogP contribution >= 0.6 is 0 Å². The summed E-state index contributed by atoms with van der Waals surface area (Å²) in [5.41, 5.74) is 11.3. The number of rotatable bonds is 7. The lowest BCUT2D eigenvalue weighted by molar-refractivity contribution is 0.218. The number of hydrogen-bond donors (Lipinski definition) is 2. The Kier molecular flexibility index (Phi) is 5.05. The Morgan fingerprint density at radius 2 is 1.64 bits per heavy atom. The molecule has 0 aromatic carbocycles. The Bertz CT molecular complexity index is 177. The molecule has 0 aliphatic carbocycles. The number of nitrogens with one attached hydrogen (secondary N) is 2. The fraction of sp³-hybridized carbons (Fsp3) is 1.00. The minimum atomic E-state index is -0.150. The third kappa shape index (κ3) is 3.62. The van der Waals surface area contributed by atoms with E-state index in [2.05, 4.69) is 43.7 Å². The molecular formula is C10H23N4-. The maximum Gasteiger partial charge on any atom is 0.0152 e. The van der Waals surface area contributed by atoms with E-state index in [1.807, 2.05) is 7.05 Å². The molecule has 0 rings (SSSR count). The summed E-state index contributed by atoms with van der Waals surface area (Å²) in [6, 6.07) is 0. The quantitative estimate of drug-likeness (QED) is 0.489. The molecule has 4 nitrogen and oxygen atoms in total. The van der Waals surface area contributed by atoms with Crippen LogP contribution in [0.2, 0.25) is 0 Å². The highest BCUT2D eigenvalue weighted by atomic mass is 15.4. The van der Waals surface area contributed by atoms with Crippen LogP contribution in [-0.4, -0.2) is 18.1 Å². The van der Waals surface area contributed by atoms with Crippen molar-refractivity contribution in [2.45, 2.75) is 58.0 Å². The summed E-state index contributed by atoms with van der Waals surface area (Å²) in [6.45, 7) is 8.49. The molecule has 2 unspecified atom stereocenters. The minimum Gasteiger partial charge on any atom is -0.408 e. The molecule has 0 aromatic rings. The summed E-state index contributed by atoms with van der Waals surface area (Å²) >= 11 is 0. The normalized spacial score (nSPS) is 19.5. The van der Waals surface area contributed by atoms with E-state index < -0.39 is 0 Å². The second-order valence-corrected chi connectivity index (χ2v) is 4.47. The smallest absolute Gasteiger partial charge is 0.0152 e. The van der Waals surface area contributed by atoms with Gasteiger partial charge >= 0.3 is 0 Å². The molecule has 0 saturated carbocycles. The first-order chi connectivity index (χ1) is 6.45. The number of hydrogen-bond acceptors (Lipinski definition) is 2. The van der Waals surface area contributed by atoms with Gasteiger partial charge in [0.2, 0.25) is 0 Å². The van der Waals surface area contributed by atoms with Gasteiger partial charge in [0.05, 0.1) is 0 Å². The SMILES string of the molecule is CCC(C)(CC(C)(CC)NN=[N-])NC. The zero-order valence-electron chi connectivity index (χ0n) is 10.0. The van der Waals surface area contributed by atoms with Crippen molar-refractivity contribution in [1.29, 1.82) is 0 Å². The molecule has 2 N–H and O–H groups in total. The maximum atomic E-state index is 8.57. The van der Waals surface area contributed by atoms with Crippen LogP contribution in [0.5, 0.6) is 0 Å². The van der Waals surface area contributed by atoms with E-state index in [1.54, 1.807) is 0 Å². The molecule has 0 spiro atoms. The summed E-state index contributed by atoms with van der Waals surface area (Å²) < 4.78 is 0. The Balaban J connectivity index is 4.49. The average Bonchev–Trinajstić information content (AvgIpc) is 2.18. The third-order valence-corrected chi connectivity index (χ3v) is 3.26. The summed E-state index contributed by atoms with van der Waals surface area (Å²) in [6.07, 6.45) is 2.90. The highest BCUT2D eigenvalue weighted by molar-refractivity contribution is 4.92. The molecule has 0 aromatic heterocycles. The second-order valence-electron chi connectivity index (χ2n) is 4.47. The minimum absolute atomic E-state index is 0.0858. The van der Waals surface area contributed by atoms with Crippen molar-refractivity contribution in [3.8, 4) is 0 Å². The highest BCUT2D eigenvalue weighted by Gasteiger charge is 2.28. The lowest BCUT2D eigenvalue weighted by Gasteiger charge is -2.41. The van der Waals surface area contributed by atoms with Crippen LogP contribution in [0.3, 0.4) is 0 Å². The molecular weight excluding hydrogens is 176 g/mol. The summed E-state index contributed by atoms with van der Waals surface area (Å²) in [5, 5.41) is 6.37. The van der Waals surface area contributed by atoms with Crippen LogP contribution in [0.15, 0.2) is 5.22 Å². The Morgan fingerprint density at radius 1 is 1.14 bits per heavy atom. The molecule has 0 aliphatic heterocycles. The molecule has 0 fully saturated rings. The lowest BCUT2D eigenvalue weighted by Crippen LogP contribution is -2.50. The van der Waals surface area contributed by atoms with E-state index in [0.29, 0.717) is 0 Å². The van der Waals surface area contributed by atoms with Gasteiger partial charge in [-0.2, -0.15) is 0 Å². The van der Waals surface area contributed by atoms with Crippen LogP contribution in [0.1, 0.15) is 47.0 Å². The van der Waals surface area contributed by atoms with Gasteiger partial charge in [-0.1, -0.05) is 27.2 Å². The first-order valence-electron chi connectivity index (χ1n) is 5.25. The van der Waals surface area contributed by atoms with Crippen LogP contribution in [0, 0.1) is 0 Å². The highest BCUT2D eigenvalue weighted by Crippen LogP contribution is 2.25. The Morgan fingerprint density at radius 3 is 1.93 bits per heavy atom. The Labute approximate surface area is 87.3 Å². The summed E-state index contributed by atoms with van der Waals surface area (Å²) in [4.78, 5) is 0. The van der Waals surface area contributed by atoms with Crippen molar-refractivity contribution in [1.82, 2.24) is 10.7 Å². The van der Waals surface area contributed by atoms with E-state index in [9.17, 15) is 0 Å². The van der Waals surface area contributed by atoms with Crippen molar-refractivity contribution in [3.63, 3.8) is 0 Å². The largest absolute Gasteiger partial charge is 0.408 e. The van der Waals surface area contributed by atoms with E-state index in [4.69, 9.17) is 5.53 Å². The average molecular weight is 199 g/mol. The molecule has 0 heterocycles. The Hall–Kier alpha value is -0.640. The lowest BCUT2D eigenvalue weighted by atomic mass is 9.81. The van der Waals surface area contributed by atoms with Gasteiger partial charge in [0, 0.05) is 5.54 Å². The van der Waals surface area contributed by atoms with E-state index in [-0.39, 0.29) is 11.1 Å². The van der Waals surface area contributed by atoms with Gasteiger partial charge in [0.15, 0.2) is 0 Å². The first-order valence-corrected chi connectivity index (χ1v) is 5.25. The molecule has 0 bridgehead atoms. The predicted molar refractivity (Wildman–Crippen MR) is 60.0 cm³/mol. The topological polar surface area (TPSA) is 58.7 Å². The first kappa shape index (κ1) is 13.4. The van der Waals surface area contributed by atoms with Crippen molar-refractivity contribution < 1.29 is 0 Å². The molecule has 2 atom stereocenters. The maximum absolute atomic E-state index is 8.57. The van der Waals surface area contributed by atoms with E-state index >= 15 is 0 Å². The van der Waals surface area contributed by atoms with Gasteiger partial charge in [-0.3, -0.25) is 5.22 Å². The molecule has 0 saturated heterocycles. The fourth-order valence-electron chi connectivity index (χ4n) is 1.62. The van der Waals surface area contributed by atoms with E-state index in [0.717, 1.165) is 19.3 Å². The van der Waals surface area contributed by atoms with Crippen molar-refractivity contribution >= 4 is 0 Å². The van der Waals surface area contributed by atoms with Crippen molar-refractivity contribution in [2.75, 3.05) is 7.05 Å². The van der Waals surface area contributed by atoms with Gasteiger partial charge in [-0.05, 0) is 32.4 Å². The van der Waals surface area contributed by atoms with Gasteiger partial charge in [0.25, 0.3) is 0 Å².